The van der Waals surface area contributed by atoms with Crippen molar-refractivity contribution in [1.82, 2.24) is 0 Å². The Labute approximate surface area is 320 Å². The molecule has 0 atom stereocenters. The Morgan fingerprint density at radius 3 is 1.29 bits per heavy atom. The molecule has 1 nitrogen and oxygen atoms in total. The zero-order chi connectivity index (χ0) is 36.6. The van der Waals surface area contributed by atoms with E-state index < -0.39 is 0 Å². The third-order valence-corrected chi connectivity index (χ3v) is 11.7. The van der Waals surface area contributed by atoms with E-state index in [1.807, 2.05) is 0 Å². The summed E-state index contributed by atoms with van der Waals surface area (Å²) >= 11 is 0. The zero-order valence-corrected chi connectivity index (χ0v) is 30.8. The van der Waals surface area contributed by atoms with Crippen molar-refractivity contribution in [1.29, 1.82) is 0 Å². The highest BCUT2D eigenvalue weighted by Gasteiger charge is 2.23. The Hall–Kier alpha value is -6.96. The lowest BCUT2D eigenvalue weighted by molar-refractivity contribution is 1.29. The summed E-state index contributed by atoms with van der Waals surface area (Å²) < 4.78 is 0. The van der Waals surface area contributed by atoms with Crippen LogP contribution in [0.25, 0.3) is 86.9 Å². The third-order valence-electron chi connectivity index (χ3n) is 11.7. The van der Waals surface area contributed by atoms with Crippen molar-refractivity contribution in [3.05, 3.63) is 199 Å². The number of fused-ring (bicyclic) bond motifs is 3. The largest absolute Gasteiger partial charge is 0.309 e. The Morgan fingerprint density at radius 2 is 0.709 bits per heavy atom. The van der Waals surface area contributed by atoms with Gasteiger partial charge in [0.15, 0.2) is 0 Å². The normalized spacial score (nSPS) is 11.8. The quantitative estimate of drug-likeness (QED) is 0.128. The predicted octanol–water partition coefficient (Wildman–Crippen LogP) is 15.5. The molecule has 0 aromatic heterocycles. The van der Waals surface area contributed by atoms with Gasteiger partial charge in [-0.15, -0.1) is 0 Å². The summed E-state index contributed by atoms with van der Waals surface area (Å²) in [5.41, 5.74) is 11.0. The Bertz CT molecular complexity index is 3140. The van der Waals surface area contributed by atoms with Crippen molar-refractivity contribution < 1.29 is 0 Å². The standard InChI is InChI=1S/C54H37N/c1-34-18-26-39(27-19-34)55(40-28-20-35(2)21-29-40)54-49-16-7-5-14-45(49)53(46-15-6-8-17-50(46)54)48-33-32-43(41-12-3-4-13-42(41)48)44-30-24-38-23-22-36-10-9-11-37-25-31-47(44)52(38)51(36)37/h3-33H,1-2H3. The van der Waals surface area contributed by atoms with Crippen molar-refractivity contribution in [3.8, 4) is 22.3 Å². The summed E-state index contributed by atoms with van der Waals surface area (Å²) in [5, 5.41) is 15.3. The minimum atomic E-state index is 1.14. The molecule has 11 aromatic rings. The van der Waals surface area contributed by atoms with E-state index >= 15 is 0 Å². The van der Waals surface area contributed by atoms with Gasteiger partial charge in [-0.2, -0.15) is 0 Å². The van der Waals surface area contributed by atoms with Crippen molar-refractivity contribution in [2.45, 2.75) is 13.8 Å². The van der Waals surface area contributed by atoms with Crippen molar-refractivity contribution in [3.63, 3.8) is 0 Å². The fourth-order valence-corrected chi connectivity index (χ4v) is 9.15. The van der Waals surface area contributed by atoms with Crippen LogP contribution in [0, 0.1) is 13.8 Å². The van der Waals surface area contributed by atoms with Crippen molar-refractivity contribution >= 4 is 81.7 Å². The predicted molar refractivity (Wildman–Crippen MR) is 238 cm³/mol. The second kappa shape index (κ2) is 12.3. The lowest BCUT2D eigenvalue weighted by Gasteiger charge is -2.30. The molecule has 11 aromatic carbocycles. The molecule has 258 valence electrons. The second-order valence-corrected chi connectivity index (χ2v) is 15.0. The first-order chi connectivity index (χ1) is 27.1. The molecule has 0 radical (unpaired) electrons. The van der Waals surface area contributed by atoms with Gasteiger partial charge >= 0.3 is 0 Å². The monoisotopic (exact) mass is 699 g/mol. The van der Waals surface area contributed by atoms with Gasteiger partial charge in [-0.3, -0.25) is 0 Å². The molecule has 0 aliphatic carbocycles. The highest BCUT2D eigenvalue weighted by Crippen LogP contribution is 2.50. The number of rotatable bonds is 5. The summed E-state index contributed by atoms with van der Waals surface area (Å²) in [6, 6.07) is 70.0. The van der Waals surface area contributed by atoms with Crippen LogP contribution in [0.2, 0.25) is 0 Å². The van der Waals surface area contributed by atoms with E-state index in [-0.39, 0.29) is 0 Å². The van der Waals surface area contributed by atoms with E-state index in [2.05, 4.69) is 207 Å². The maximum atomic E-state index is 2.45. The Kier molecular flexibility index (Phi) is 7.06. The van der Waals surface area contributed by atoms with Crippen LogP contribution in [0.4, 0.5) is 17.1 Å². The molecule has 0 fully saturated rings. The highest BCUT2D eigenvalue weighted by atomic mass is 15.1. The molecule has 0 heterocycles. The first kappa shape index (κ1) is 31.6. The molecule has 11 rings (SSSR count). The fraction of sp³-hybridized carbons (Fsp3) is 0.0370. The number of anilines is 3. The maximum Gasteiger partial charge on any atom is 0.0618 e. The number of nitrogens with zero attached hydrogens (tertiary/aromatic N) is 1. The molecule has 0 spiro atoms. The van der Waals surface area contributed by atoms with E-state index in [9.17, 15) is 0 Å². The molecule has 0 amide bonds. The van der Waals surface area contributed by atoms with E-state index in [0.29, 0.717) is 0 Å². The van der Waals surface area contributed by atoms with Crippen LogP contribution < -0.4 is 4.90 Å². The minimum Gasteiger partial charge on any atom is -0.309 e. The molecular formula is C54H37N. The SMILES string of the molecule is Cc1ccc(N(c2ccc(C)cc2)c2c3ccccc3c(-c3ccc(-c4ccc5ccc6cccc7ccc4c5c67)c4ccccc34)c3ccccc23)cc1. The van der Waals surface area contributed by atoms with Crippen LogP contribution >= 0.6 is 0 Å². The summed E-state index contributed by atoms with van der Waals surface area (Å²) in [7, 11) is 0. The summed E-state index contributed by atoms with van der Waals surface area (Å²) in [6.45, 7) is 4.30. The molecular weight excluding hydrogens is 663 g/mol. The molecule has 0 saturated heterocycles. The third kappa shape index (κ3) is 4.87. The second-order valence-electron chi connectivity index (χ2n) is 15.0. The van der Waals surface area contributed by atoms with E-state index in [1.54, 1.807) is 0 Å². The molecule has 0 N–H and O–H groups in total. The van der Waals surface area contributed by atoms with Gasteiger partial charge < -0.3 is 4.90 Å². The van der Waals surface area contributed by atoms with Crippen LogP contribution in [0.5, 0.6) is 0 Å². The molecule has 0 saturated carbocycles. The highest BCUT2D eigenvalue weighted by molar-refractivity contribution is 6.28. The van der Waals surface area contributed by atoms with Crippen molar-refractivity contribution in [2.75, 3.05) is 4.90 Å². The van der Waals surface area contributed by atoms with Gasteiger partial charge in [-0.05, 0) is 114 Å². The van der Waals surface area contributed by atoms with E-state index in [0.717, 1.165) is 11.4 Å². The number of benzene rings is 11. The van der Waals surface area contributed by atoms with Crippen LogP contribution in [0.1, 0.15) is 11.1 Å². The van der Waals surface area contributed by atoms with E-state index in [1.165, 1.54) is 104 Å². The maximum absolute atomic E-state index is 2.45. The average Bonchev–Trinajstić information content (AvgIpc) is 3.24. The lowest BCUT2D eigenvalue weighted by Crippen LogP contribution is -2.11. The molecule has 55 heavy (non-hydrogen) atoms. The summed E-state index contributed by atoms with van der Waals surface area (Å²) in [4.78, 5) is 2.45. The topological polar surface area (TPSA) is 3.24 Å². The first-order valence-corrected chi connectivity index (χ1v) is 19.2. The number of aryl methyl sites for hydroxylation is 2. The Balaban J connectivity index is 1.19. The van der Waals surface area contributed by atoms with Crippen LogP contribution in [-0.4, -0.2) is 0 Å². The van der Waals surface area contributed by atoms with Gasteiger partial charge in [0, 0.05) is 22.1 Å². The fourth-order valence-electron chi connectivity index (χ4n) is 9.15. The molecule has 0 aliphatic heterocycles. The molecule has 1 heteroatoms. The van der Waals surface area contributed by atoms with Crippen LogP contribution in [0.15, 0.2) is 188 Å². The van der Waals surface area contributed by atoms with Crippen LogP contribution in [0.3, 0.4) is 0 Å². The first-order valence-electron chi connectivity index (χ1n) is 19.2. The van der Waals surface area contributed by atoms with Gasteiger partial charge in [-0.25, -0.2) is 0 Å². The molecule has 0 unspecified atom stereocenters. The average molecular weight is 700 g/mol. The Morgan fingerprint density at radius 1 is 0.291 bits per heavy atom. The minimum absolute atomic E-state index is 1.14. The van der Waals surface area contributed by atoms with Gasteiger partial charge in [0.25, 0.3) is 0 Å². The smallest absolute Gasteiger partial charge is 0.0618 e. The van der Waals surface area contributed by atoms with Crippen LogP contribution in [-0.2, 0) is 0 Å². The van der Waals surface area contributed by atoms with Gasteiger partial charge in [0.1, 0.15) is 0 Å². The summed E-state index contributed by atoms with van der Waals surface area (Å²) in [6.07, 6.45) is 0. The van der Waals surface area contributed by atoms with Crippen molar-refractivity contribution in [2.24, 2.45) is 0 Å². The number of hydrogen-bond acceptors (Lipinski definition) is 1. The molecule has 0 bridgehead atoms. The lowest BCUT2D eigenvalue weighted by atomic mass is 9.84. The molecule has 0 aliphatic rings. The van der Waals surface area contributed by atoms with Gasteiger partial charge in [0.05, 0.1) is 5.69 Å². The van der Waals surface area contributed by atoms with E-state index in [4.69, 9.17) is 0 Å². The number of hydrogen-bond donors (Lipinski definition) is 0. The summed E-state index contributed by atoms with van der Waals surface area (Å²) in [5.74, 6) is 0. The van der Waals surface area contributed by atoms with Gasteiger partial charge in [0.2, 0.25) is 0 Å². The van der Waals surface area contributed by atoms with Gasteiger partial charge in [-0.1, -0.05) is 175 Å². The zero-order valence-electron chi connectivity index (χ0n) is 30.8.